The fourth-order valence-corrected chi connectivity index (χ4v) is 2.91. The minimum Gasteiger partial charge on any atom is -0.481 e. The molecule has 1 atom stereocenters. The molecule has 1 aromatic rings. The molecule has 0 saturated carbocycles. The molecule has 6 heteroatoms. The Morgan fingerprint density at radius 2 is 2.28 bits per heavy atom. The Hall–Kier alpha value is -1.43. The maximum atomic E-state index is 12.1. The van der Waals surface area contributed by atoms with Crippen LogP contribution in [0.5, 0.6) is 0 Å². The van der Waals surface area contributed by atoms with Gasteiger partial charge in [-0.25, -0.2) is 4.98 Å². The molecule has 18 heavy (non-hydrogen) atoms. The molecule has 2 rings (SSSR count). The summed E-state index contributed by atoms with van der Waals surface area (Å²) in [4.78, 5) is 29.2. The summed E-state index contributed by atoms with van der Waals surface area (Å²) < 4.78 is 0. The van der Waals surface area contributed by atoms with Crippen molar-refractivity contribution in [1.29, 1.82) is 0 Å². The number of hydrogen-bond donors (Lipinski definition) is 1. The normalized spacial score (nSPS) is 23.6. The molecule has 1 saturated heterocycles. The lowest BCUT2D eigenvalue weighted by Crippen LogP contribution is -2.40. The molecule has 5 nitrogen and oxygen atoms in total. The van der Waals surface area contributed by atoms with Gasteiger partial charge in [0.2, 0.25) is 0 Å². The number of thiazole rings is 1. The van der Waals surface area contributed by atoms with Crippen molar-refractivity contribution >= 4 is 23.2 Å². The Kier molecular flexibility index (Phi) is 3.38. The van der Waals surface area contributed by atoms with Gasteiger partial charge in [0.1, 0.15) is 5.69 Å². The van der Waals surface area contributed by atoms with Crippen molar-refractivity contribution in [1.82, 2.24) is 9.88 Å². The van der Waals surface area contributed by atoms with Crippen molar-refractivity contribution in [3.63, 3.8) is 0 Å². The van der Waals surface area contributed by atoms with Crippen LogP contribution in [0, 0.1) is 11.3 Å². The number of hydrogen-bond acceptors (Lipinski definition) is 4. The van der Waals surface area contributed by atoms with E-state index >= 15 is 0 Å². The average Bonchev–Trinajstić information content (AvgIpc) is 2.98. The molecule has 1 aliphatic rings. The number of carbonyl (C=O) groups excluding carboxylic acids is 1. The summed E-state index contributed by atoms with van der Waals surface area (Å²) in [5, 5.41) is 11.1. The number of carbonyl (C=O) groups is 2. The van der Waals surface area contributed by atoms with Gasteiger partial charge in [0.05, 0.1) is 10.9 Å². The number of carboxylic acids is 1. The van der Waals surface area contributed by atoms with Gasteiger partial charge in [-0.05, 0) is 12.3 Å². The van der Waals surface area contributed by atoms with E-state index in [-0.39, 0.29) is 18.4 Å². The SMILES string of the molecule is CC(C)C1(C(=O)O)CCN(C(=O)c2cscn2)C1. The third kappa shape index (κ3) is 2.01. The second-order valence-corrected chi connectivity index (χ2v) is 5.69. The number of rotatable bonds is 3. The molecule has 0 spiro atoms. The molecule has 1 N–H and O–H groups in total. The van der Waals surface area contributed by atoms with E-state index in [1.165, 1.54) is 11.3 Å². The number of likely N-dealkylation sites (tertiary alicyclic amines) is 1. The van der Waals surface area contributed by atoms with Gasteiger partial charge in [-0.3, -0.25) is 9.59 Å². The maximum absolute atomic E-state index is 12.1. The Balaban J connectivity index is 2.17. The lowest BCUT2D eigenvalue weighted by molar-refractivity contribution is -0.150. The molecule has 1 amide bonds. The first-order valence-electron chi connectivity index (χ1n) is 5.88. The van der Waals surface area contributed by atoms with E-state index < -0.39 is 11.4 Å². The largest absolute Gasteiger partial charge is 0.481 e. The number of aromatic nitrogens is 1. The van der Waals surface area contributed by atoms with E-state index in [4.69, 9.17) is 0 Å². The fraction of sp³-hybridized carbons (Fsp3) is 0.583. The van der Waals surface area contributed by atoms with E-state index in [2.05, 4.69) is 4.98 Å². The number of aliphatic carboxylic acids is 1. The van der Waals surface area contributed by atoms with Gasteiger partial charge >= 0.3 is 5.97 Å². The minimum absolute atomic E-state index is 0.00299. The first kappa shape index (κ1) is 13.0. The Morgan fingerprint density at radius 1 is 1.56 bits per heavy atom. The van der Waals surface area contributed by atoms with Crippen LogP contribution >= 0.6 is 11.3 Å². The van der Waals surface area contributed by atoms with E-state index in [9.17, 15) is 14.7 Å². The predicted octanol–water partition coefficient (Wildman–Crippen LogP) is 1.72. The highest BCUT2D eigenvalue weighted by Gasteiger charge is 2.48. The summed E-state index contributed by atoms with van der Waals surface area (Å²) in [5.74, 6) is -0.977. The topological polar surface area (TPSA) is 70.5 Å². The van der Waals surface area contributed by atoms with Crippen molar-refractivity contribution in [3.8, 4) is 0 Å². The summed E-state index contributed by atoms with van der Waals surface area (Å²) in [6.45, 7) is 4.55. The quantitative estimate of drug-likeness (QED) is 0.906. The van der Waals surface area contributed by atoms with Gasteiger partial charge in [-0.1, -0.05) is 13.8 Å². The third-order valence-electron chi connectivity index (χ3n) is 3.77. The maximum Gasteiger partial charge on any atom is 0.311 e. The summed E-state index contributed by atoms with van der Waals surface area (Å²) in [6.07, 6.45) is 0.510. The lowest BCUT2D eigenvalue weighted by atomic mass is 9.76. The second-order valence-electron chi connectivity index (χ2n) is 4.97. The van der Waals surface area contributed by atoms with Gasteiger partial charge in [-0.2, -0.15) is 0 Å². The Labute approximate surface area is 109 Å². The smallest absolute Gasteiger partial charge is 0.311 e. The summed E-state index contributed by atoms with van der Waals surface area (Å²) >= 11 is 1.36. The van der Waals surface area contributed by atoms with Gasteiger partial charge in [0.25, 0.3) is 5.91 Å². The summed E-state index contributed by atoms with van der Waals surface area (Å²) in [7, 11) is 0. The van der Waals surface area contributed by atoms with Crippen LogP contribution < -0.4 is 0 Å². The summed E-state index contributed by atoms with van der Waals surface area (Å²) in [5.41, 5.74) is 1.20. The Bertz CT molecular complexity index is 458. The summed E-state index contributed by atoms with van der Waals surface area (Å²) in [6, 6.07) is 0. The van der Waals surface area contributed by atoms with E-state index in [0.717, 1.165) is 0 Å². The van der Waals surface area contributed by atoms with Crippen LogP contribution in [0.25, 0.3) is 0 Å². The van der Waals surface area contributed by atoms with E-state index in [1.807, 2.05) is 13.8 Å². The molecule has 1 aromatic heterocycles. The van der Waals surface area contributed by atoms with Gasteiger partial charge in [0, 0.05) is 18.5 Å². The molecule has 1 aliphatic heterocycles. The molecular weight excluding hydrogens is 252 g/mol. The number of amides is 1. The molecule has 0 bridgehead atoms. The molecule has 1 unspecified atom stereocenters. The van der Waals surface area contributed by atoms with Crippen LogP contribution in [-0.4, -0.2) is 40.0 Å². The molecule has 0 radical (unpaired) electrons. The van der Waals surface area contributed by atoms with Crippen molar-refractivity contribution in [2.45, 2.75) is 20.3 Å². The molecule has 0 aromatic carbocycles. The van der Waals surface area contributed by atoms with Crippen LogP contribution in [0.4, 0.5) is 0 Å². The highest BCUT2D eigenvalue weighted by atomic mass is 32.1. The van der Waals surface area contributed by atoms with Crippen molar-refractivity contribution < 1.29 is 14.7 Å². The highest BCUT2D eigenvalue weighted by Crippen LogP contribution is 2.38. The lowest BCUT2D eigenvalue weighted by Gasteiger charge is -2.28. The molecule has 1 fully saturated rings. The van der Waals surface area contributed by atoms with Crippen molar-refractivity contribution in [3.05, 3.63) is 16.6 Å². The molecule has 0 aliphatic carbocycles. The molecular formula is C12H16N2O3S. The standard InChI is InChI=1S/C12H16N2O3S/c1-8(2)12(11(16)17)3-4-14(6-12)10(15)9-5-18-7-13-9/h5,7-8H,3-4,6H2,1-2H3,(H,16,17). The fourth-order valence-electron chi connectivity index (χ4n) is 2.38. The van der Waals surface area contributed by atoms with Crippen molar-refractivity contribution in [2.75, 3.05) is 13.1 Å². The van der Waals surface area contributed by atoms with Crippen LogP contribution in [0.15, 0.2) is 10.9 Å². The van der Waals surface area contributed by atoms with Crippen LogP contribution in [0.3, 0.4) is 0 Å². The highest BCUT2D eigenvalue weighted by molar-refractivity contribution is 7.07. The van der Waals surface area contributed by atoms with Crippen LogP contribution in [-0.2, 0) is 4.79 Å². The zero-order valence-corrected chi connectivity index (χ0v) is 11.2. The first-order valence-corrected chi connectivity index (χ1v) is 6.82. The minimum atomic E-state index is -0.814. The van der Waals surface area contributed by atoms with E-state index in [1.54, 1.807) is 15.8 Å². The third-order valence-corrected chi connectivity index (χ3v) is 4.36. The first-order chi connectivity index (χ1) is 8.47. The number of nitrogens with zero attached hydrogens (tertiary/aromatic N) is 2. The van der Waals surface area contributed by atoms with Crippen LogP contribution in [0.1, 0.15) is 30.8 Å². The zero-order valence-electron chi connectivity index (χ0n) is 10.4. The van der Waals surface area contributed by atoms with Gasteiger partial charge in [-0.15, -0.1) is 11.3 Å². The predicted molar refractivity (Wildman–Crippen MR) is 67.5 cm³/mol. The van der Waals surface area contributed by atoms with Crippen LogP contribution in [0.2, 0.25) is 0 Å². The Morgan fingerprint density at radius 3 is 2.72 bits per heavy atom. The average molecular weight is 268 g/mol. The zero-order chi connectivity index (χ0) is 13.3. The molecule has 2 heterocycles. The molecule has 98 valence electrons. The van der Waals surface area contributed by atoms with E-state index in [0.29, 0.717) is 18.7 Å². The van der Waals surface area contributed by atoms with Gasteiger partial charge < -0.3 is 10.0 Å². The number of carboxylic acid groups (broad SMARTS) is 1. The second kappa shape index (κ2) is 4.68. The van der Waals surface area contributed by atoms with Crippen molar-refractivity contribution in [2.24, 2.45) is 11.3 Å². The monoisotopic (exact) mass is 268 g/mol. The van der Waals surface area contributed by atoms with Gasteiger partial charge in [0.15, 0.2) is 0 Å².